The van der Waals surface area contributed by atoms with Gasteiger partial charge in [-0.25, -0.2) is 0 Å². The molecule has 0 amide bonds. The predicted octanol–water partition coefficient (Wildman–Crippen LogP) is 1.64. The smallest absolute Gasteiger partial charge is 0.119 e. The molecule has 0 saturated carbocycles. The molecule has 19 heavy (non-hydrogen) atoms. The fourth-order valence-electron chi connectivity index (χ4n) is 2.28. The van der Waals surface area contributed by atoms with Crippen LogP contribution in [0.1, 0.15) is 18.4 Å². The lowest BCUT2D eigenvalue weighted by Crippen LogP contribution is -2.24. The standard InChI is InChI=1S/C15H24N2O2/c16-13-14-4-3-5-15(12-14)19-11-10-18-9-8-17-6-1-2-7-17/h3-5,12H,1-2,6-11,13,16H2. The summed E-state index contributed by atoms with van der Waals surface area (Å²) in [7, 11) is 0. The van der Waals surface area contributed by atoms with Crippen molar-refractivity contribution < 1.29 is 9.47 Å². The van der Waals surface area contributed by atoms with E-state index in [1.165, 1.54) is 25.9 Å². The van der Waals surface area contributed by atoms with Crippen LogP contribution < -0.4 is 10.5 Å². The van der Waals surface area contributed by atoms with E-state index in [-0.39, 0.29) is 0 Å². The first kappa shape index (κ1) is 14.3. The van der Waals surface area contributed by atoms with Crippen molar-refractivity contribution in [3.63, 3.8) is 0 Å². The highest BCUT2D eigenvalue weighted by atomic mass is 16.5. The zero-order chi connectivity index (χ0) is 13.3. The van der Waals surface area contributed by atoms with E-state index in [1.807, 2.05) is 24.3 Å². The van der Waals surface area contributed by atoms with E-state index < -0.39 is 0 Å². The molecule has 2 N–H and O–H groups in total. The molecule has 1 aromatic carbocycles. The molecule has 0 unspecified atom stereocenters. The number of benzene rings is 1. The highest BCUT2D eigenvalue weighted by Crippen LogP contribution is 2.12. The number of nitrogens with zero attached hydrogens (tertiary/aromatic N) is 1. The Balaban J connectivity index is 1.53. The molecule has 0 aliphatic carbocycles. The Morgan fingerprint density at radius 2 is 1.95 bits per heavy atom. The van der Waals surface area contributed by atoms with Crippen molar-refractivity contribution >= 4 is 0 Å². The lowest BCUT2D eigenvalue weighted by Gasteiger charge is -2.14. The van der Waals surface area contributed by atoms with Crippen LogP contribution in [0.4, 0.5) is 0 Å². The minimum Gasteiger partial charge on any atom is -0.491 e. The van der Waals surface area contributed by atoms with Gasteiger partial charge in [0.1, 0.15) is 12.4 Å². The van der Waals surface area contributed by atoms with Gasteiger partial charge in [0.2, 0.25) is 0 Å². The van der Waals surface area contributed by atoms with Crippen molar-refractivity contribution in [2.24, 2.45) is 5.73 Å². The monoisotopic (exact) mass is 264 g/mol. The predicted molar refractivity (Wildman–Crippen MR) is 76.3 cm³/mol. The van der Waals surface area contributed by atoms with Crippen LogP contribution in [-0.2, 0) is 11.3 Å². The summed E-state index contributed by atoms with van der Waals surface area (Å²) in [6, 6.07) is 7.89. The van der Waals surface area contributed by atoms with Crippen molar-refractivity contribution in [3.05, 3.63) is 29.8 Å². The van der Waals surface area contributed by atoms with E-state index in [0.717, 1.165) is 24.5 Å². The molecule has 106 valence electrons. The maximum Gasteiger partial charge on any atom is 0.119 e. The van der Waals surface area contributed by atoms with Crippen molar-refractivity contribution in [2.75, 3.05) is 39.5 Å². The van der Waals surface area contributed by atoms with Crippen molar-refractivity contribution in [1.82, 2.24) is 4.90 Å². The summed E-state index contributed by atoms with van der Waals surface area (Å²) < 4.78 is 11.2. The summed E-state index contributed by atoms with van der Waals surface area (Å²) in [6.07, 6.45) is 2.67. The fourth-order valence-corrected chi connectivity index (χ4v) is 2.28. The van der Waals surface area contributed by atoms with E-state index in [4.69, 9.17) is 15.2 Å². The third-order valence-electron chi connectivity index (χ3n) is 3.38. The Bertz CT molecular complexity index is 365. The molecule has 1 aliphatic heterocycles. The zero-order valence-corrected chi connectivity index (χ0v) is 11.5. The first-order valence-electron chi connectivity index (χ1n) is 7.10. The molecular formula is C15H24N2O2. The zero-order valence-electron chi connectivity index (χ0n) is 11.5. The van der Waals surface area contributed by atoms with Crippen LogP contribution in [0.3, 0.4) is 0 Å². The molecule has 0 spiro atoms. The molecule has 1 fully saturated rings. The lowest BCUT2D eigenvalue weighted by atomic mass is 10.2. The van der Waals surface area contributed by atoms with Crippen molar-refractivity contribution in [1.29, 1.82) is 0 Å². The molecule has 1 saturated heterocycles. The van der Waals surface area contributed by atoms with Gasteiger partial charge in [-0.05, 0) is 43.6 Å². The number of hydrogen-bond donors (Lipinski definition) is 1. The molecule has 4 nitrogen and oxygen atoms in total. The van der Waals surface area contributed by atoms with Gasteiger partial charge < -0.3 is 20.1 Å². The third-order valence-corrected chi connectivity index (χ3v) is 3.38. The number of nitrogens with two attached hydrogens (primary N) is 1. The van der Waals surface area contributed by atoms with E-state index in [2.05, 4.69) is 4.90 Å². The molecule has 1 heterocycles. The van der Waals surface area contributed by atoms with E-state index in [1.54, 1.807) is 0 Å². The molecule has 0 aromatic heterocycles. The second kappa shape index (κ2) is 8.15. The summed E-state index contributed by atoms with van der Waals surface area (Å²) in [5.41, 5.74) is 6.68. The topological polar surface area (TPSA) is 47.7 Å². The highest BCUT2D eigenvalue weighted by Gasteiger charge is 2.10. The second-order valence-electron chi connectivity index (χ2n) is 4.86. The van der Waals surface area contributed by atoms with Gasteiger partial charge in [-0.1, -0.05) is 12.1 Å². The van der Waals surface area contributed by atoms with Crippen LogP contribution in [0.2, 0.25) is 0 Å². The van der Waals surface area contributed by atoms with Crippen LogP contribution in [0, 0.1) is 0 Å². The minimum absolute atomic E-state index is 0.545. The number of likely N-dealkylation sites (tertiary alicyclic amines) is 1. The number of rotatable bonds is 8. The Hall–Kier alpha value is -1.10. The SMILES string of the molecule is NCc1cccc(OCCOCCN2CCCC2)c1. The fraction of sp³-hybridized carbons (Fsp3) is 0.600. The van der Waals surface area contributed by atoms with Crippen molar-refractivity contribution in [3.8, 4) is 5.75 Å². The lowest BCUT2D eigenvalue weighted by molar-refractivity contribution is 0.0846. The third kappa shape index (κ3) is 5.19. The van der Waals surface area contributed by atoms with Crippen molar-refractivity contribution in [2.45, 2.75) is 19.4 Å². The molecule has 0 bridgehead atoms. The summed E-state index contributed by atoms with van der Waals surface area (Å²) in [5, 5.41) is 0. The summed E-state index contributed by atoms with van der Waals surface area (Å²) in [5.74, 6) is 0.867. The minimum atomic E-state index is 0.545. The molecule has 2 rings (SSSR count). The molecular weight excluding hydrogens is 240 g/mol. The largest absolute Gasteiger partial charge is 0.491 e. The van der Waals surface area contributed by atoms with Crippen LogP contribution in [-0.4, -0.2) is 44.4 Å². The molecule has 4 heteroatoms. The Kier molecular flexibility index (Phi) is 6.14. The maximum absolute atomic E-state index is 5.63. The normalized spacial score (nSPS) is 15.8. The van der Waals surface area contributed by atoms with Crippen LogP contribution in [0.25, 0.3) is 0 Å². The van der Waals surface area contributed by atoms with Crippen LogP contribution >= 0.6 is 0 Å². The molecule has 1 aromatic rings. The molecule has 0 atom stereocenters. The summed E-state index contributed by atoms with van der Waals surface area (Å²) >= 11 is 0. The van der Waals surface area contributed by atoms with E-state index in [9.17, 15) is 0 Å². The van der Waals surface area contributed by atoms with Gasteiger partial charge in [-0.2, -0.15) is 0 Å². The Morgan fingerprint density at radius 1 is 1.11 bits per heavy atom. The van der Waals surface area contributed by atoms with Gasteiger partial charge in [0, 0.05) is 13.1 Å². The summed E-state index contributed by atoms with van der Waals surface area (Å²) in [6.45, 7) is 6.07. The number of ether oxygens (including phenoxy) is 2. The van der Waals surface area contributed by atoms with E-state index >= 15 is 0 Å². The summed E-state index contributed by atoms with van der Waals surface area (Å²) in [4.78, 5) is 2.45. The van der Waals surface area contributed by atoms with Gasteiger partial charge in [0.25, 0.3) is 0 Å². The van der Waals surface area contributed by atoms with E-state index in [0.29, 0.717) is 19.8 Å². The molecule has 1 aliphatic rings. The highest BCUT2D eigenvalue weighted by molar-refractivity contribution is 5.28. The quantitative estimate of drug-likeness (QED) is 0.725. The number of hydrogen-bond acceptors (Lipinski definition) is 4. The van der Waals surface area contributed by atoms with Gasteiger partial charge in [-0.3, -0.25) is 0 Å². The first-order chi connectivity index (χ1) is 9.38. The Labute approximate surface area is 115 Å². The van der Waals surface area contributed by atoms with Gasteiger partial charge in [0.15, 0.2) is 0 Å². The average molecular weight is 264 g/mol. The van der Waals surface area contributed by atoms with Gasteiger partial charge in [0.05, 0.1) is 13.2 Å². The van der Waals surface area contributed by atoms with Gasteiger partial charge >= 0.3 is 0 Å². The van der Waals surface area contributed by atoms with Crippen LogP contribution in [0.5, 0.6) is 5.75 Å². The average Bonchev–Trinajstić information content (AvgIpc) is 2.96. The first-order valence-corrected chi connectivity index (χ1v) is 7.10. The van der Waals surface area contributed by atoms with Crippen LogP contribution in [0.15, 0.2) is 24.3 Å². The second-order valence-corrected chi connectivity index (χ2v) is 4.86. The molecule has 0 radical (unpaired) electrons. The maximum atomic E-state index is 5.63. The Morgan fingerprint density at radius 3 is 2.74 bits per heavy atom. The van der Waals surface area contributed by atoms with Gasteiger partial charge in [-0.15, -0.1) is 0 Å².